The van der Waals surface area contributed by atoms with Crippen molar-refractivity contribution in [2.45, 2.75) is 19.9 Å². The average Bonchev–Trinajstić information content (AvgIpc) is 1.87. The van der Waals surface area contributed by atoms with E-state index in [4.69, 9.17) is 4.84 Å². The molecule has 1 N–H and O–H groups in total. The van der Waals surface area contributed by atoms with Crippen LogP contribution < -0.4 is 5.48 Å². The van der Waals surface area contributed by atoms with Gasteiger partial charge in [0.05, 0.1) is 6.04 Å². The average molecular weight is 99.1 g/mol. The Morgan fingerprint density at radius 3 is 2.71 bits per heavy atom. The molecule has 7 heavy (non-hydrogen) atoms. The van der Waals surface area contributed by atoms with E-state index in [1.807, 2.05) is 19.9 Å². The van der Waals surface area contributed by atoms with Gasteiger partial charge in [0.25, 0.3) is 0 Å². The van der Waals surface area contributed by atoms with Crippen LogP contribution in [0.25, 0.3) is 0 Å². The maximum Gasteiger partial charge on any atom is 0.118 e. The topological polar surface area (TPSA) is 21.3 Å². The van der Waals surface area contributed by atoms with Crippen LogP contribution in [0.15, 0.2) is 11.8 Å². The monoisotopic (exact) mass is 99.1 g/mol. The highest BCUT2D eigenvalue weighted by molar-refractivity contribution is 4.98. The molecule has 0 spiro atoms. The summed E-state index contributed by atoms with van der Waals surface area (Å²) in [7, 11) is 0. The minimum atomic E-state index is 0.389. The van der Waals surface area contributed by atoms with Crippen molar-refractivity contribution in [3.05, 3.63) is 11.8 Å². The summed E-state index contributed by atoms with van der Waals surface area (Å²) in [5.74, 6) is 0.965. The van der Waals surface area contributed by atoms with E-state index in [0.29, 0.717) is 6.04 Å². The van der Waals surface area contributed by atoms with Gasteiger partial charge in [-0.25, -0.2) is 0 Å². The number of hydrogen-bond donors (Lipinski definition) is 1. The predicted molar refractivity (Wildman–Crippen MR) is 27.4 cm³/mol. The van der Waals surface area contributed by atoms with Crippen molar-refractivity contribution in [2.24, 2.45) is 0 Å². The second kappa shape index (κ2) is 1.54. The lowest BCUT2D eigenvalue weighted by molar-refractivity contribution is 0.121. The molecule has 2 nitrogen and oxygen atoms in total. The Morgan fingerprint density at radius 1 is 1.86 bits per heavy atom. The van der Waals surface area contributed by atoms with Gasteiger partial charge in [-0.3, -0.25) is 0 Å². The van der Waals surface area contributed by atoms with Crippen LogP contribution in [0.2, 0.25) is 0 Å². The van der Waals surface area contributed by atoms with Gasteiger partial charge in [0, 0.05) is 0 Å². The molecular weight excluding hydrogens is 90.1 g/mol. The van der Waals surface area contributed by atoms with Crippen LogP contribution in [0, 0.1) is 0 Å². The predicted octanol–water partition coefficient (Wildman–Crippen LogP) is 0.813. The molecule has 0 aromatic carbocycles. The van der Waals surface area contributed by atoms with Crippen LogP contribution in [0.1, 0.15) is 13.8 Å². The van der Waals surface area contributed by atoms with Gasteiger partial charge in [0.1, 0.15) is 5.76 Å². The molecule has 1 heterocycles. The molecule has 0 aliphatic carbocycles. The first-order valence-corrected chi connectivity index (χ1v) is 2.40. The van der Waals surface area contributed by atoms with Crippen molar-refractivity contribution >= 4 is 0 Å². The SMILES string of the molecule is CC1=C[C@H](C)NO1. The summed E-state index contributed by atoms with van der Waals surface area (Å²) in [6, 6.07) is 0.389. The fourth-order valence-corrected chi connectivity index (χ4v) is 0.606. The van der Waals surface area contributed by atoms with E-state index in [1.165, 1.54) is 0 Å². The number of nitrogens with one attached hydrogen (secondary N) is 1. The number of hydrogen-bond acceptors (Lipinski definition) is 2. The first kappa shape index (κ1) is 4.65. The van der Waals surface area contributed by atoms with E-state index in [0.717, 1.165) is 5.76 Å². The molecule has 0 saturated heterocycles. The Hall–Kier alpha value is -0.500. The normalized spacial score (nSPS) is 29.4. The van der Waals surface area contributed by atoms with Crippen molar-refractivity contribution in [1.82, 2.24) is 5.48 Å². The van der Waals surface area contributed by atoms with Gasteiger partial charge in [-0.2, -0.15) is 5.48 Å². The highest BCUT2D eigenvalue weighted by Gasteiger charge is 2.05. The smallest absolute Gasteiger partial charge is 0.118 e. The summed E-state index contributed by atoms with van der Waals surface area (Å²) in [6.45, 7) is 3.97. The number of rotatable bonds is 0. The number of hydroxylamine groups is 1. The van der Waals surface area contributed by atoms with Crippen molar-refractivity contribution in [1.29, 1.82) is 0 Å². The van der Waals surface area contributed by atoms with E-state index in [-0.39, 0.29) is 0 Å². The first-order valence-electron chi connectivity index (χ1n) is 2.40. The van der Waals surface area contributed by atoms with E-state index in [2.05, 4.69) is 5.48 Å². The molecule has 0 unspecified atom stereocenters. The molecule has 0 aromatic rings. The molecular formula is C5H9NO. The Morgan fingerprint density at radius 2 is 2.57 bits per heavy atom. The lowest BCUT2D eigenvalue weighted by Gasteiger charge is -1.96. The molecule has 1 aliphatic rings. The van der Waals surface area contributed by atoms with Crippen molar-refractivity contribution in [2.75, 3.05) is 0 Å². The van der Waals surface area contributed by atoms with Gasteiger partial charge in [0.15, 0.2) is 0 Å². The molecule has 1 aliphatic heterocycles. The zero-order chi connectivity index (χ0) is 5.28. The van der Waals surface area contributed by atoms with E-state index in [9.17, 15) is 0 Å². The standard InChI is InChI=1S/C5H9NO/c1-4-3-5(2)7-6-4/h3-4,6H,1-2H3/t4-/m0/s1. The summed E-state index contributed by atoms with van der Waals surface area (Å²) in [5.41, 5.74) is 2.78. The van der Waals surface area contributed by atoms with Crippen LogP contribution in [-0.2, 0) is 4.84 Å². The summed E-state index contributed by atoms with van der Waals surface area (Å²) in [6.07, 6.45) is 2.03. The second-order valence-electron chi connectivity index (χ2n) is 1.79. The van der Waals surface area contributed by atoms with Crippen LogP contribution in [-0.4, -0.2) is 6.04 Å². The maximum absolute atomic E-state index is 4.88. The summed E-state index contributed by atoms with van der Waals surface area (Å²) in [5, 5.41) is 0. The Kier molecular flexibility index (Phi) is 1.02. The third kappa shape index (κ3) is 0.933. The lowest BCUT2D eigenvalue weighted by atomic mass is 10.3. The van der Waals surface area contributed by atoms with Gasteiger partial charge in [0.2, 0.25) is 0 Å². The van der Waals surface area contributed by atoms with Gasteiger partial charge >= 0.3 is 0 Å². The van der Waals surface area contributed by atoms with Gasteiger partial charge < -0.3 is 4.84 Å². The van der Waals surface area contributed by atoms with Gasteiger partial charge in [-0.05, 0) is 19.9 Å². The molecule has 0 aromatic heterocycles. The summed E-state index contributed by atoms with van der Waals surface area (Å²) >= 11 is 0. The van der Waals surface area contributed by atoms with Crippen LogP contribution in [0.4, 0.5) is 0 Å². The zero-order valence-electron chi connectivity index (χ0n) is 4.56. The van der Waals surface area contributed by atoms with E-state index in [1.54, 1.807) is 0 Å². The quantitative estimate of drug-likeness (QED) is 0.485. The van der Waals surface area contributed by atoms with Gasteiger partial charge in [-0.1, -0.05) is 0 Å². The Balaban J connectivity index is 2.50. The fraction of sp³-hybridized carbons (Fsp3) is 0.600. The molecule has 1 rings (SSSR count). The van der Waals surface area contributed by atoms with Crippen LogP contribution in [0.3, 0.4) is 0 Å². The minimum Gasteiger partial charge on any atom is -0.413 e. The number of allylic oxidation sites excluding steroid dienone is 1. The molecule has 0 bridgehead atoms. The van der Waals surface area contributed by atoms with Crippen molar-refractivity contribution in [3.8, 4) is 0 Å². The molecule has 0 radical (unpaired) electrons. The van der Waals surface area contributed by atoms with Crippen LogP contribution >= 0.6 is 0 Å². The van der Waals surface area contributed by atoms with Crippen molar-refractivity contribution in [3.63, 3.8) is 0 Å². The minimum absolute atomic E-state index is 0.389. The zero-order valence-corrected chi connectivity index (χ0v) is 4.56. The Bertz CT molecular complexity index is 98.3. The molecule has 2 heteroatoms. The highest BCUT2D eigenvalue weighted by Crippen LogP contribution is 2.03. The van der Waals surface area contributed by atoms with Crippen molar-refractivity contribution < 1.29 is 4.84 Å². The second-order valence-corrected chi connectivity index (χ2v) is 1.79. The fourth-order valence-electron chi connectivity index (χ4n) is 0.606. The molecule has 1 atom stereocenters. The van der Waals surface area contributed by atoms with E-state index >= 15 is 0 Å². The maximum atomic E-state index is 4.88. The molecule has 40 valence electrons. The largest absolute Gasteiger partial charge is 0.413 e. The third-order valence-corrected chi connectivity index (χ3v) is 0.891. The summed E-state index contributed by atoms with van der Waals surface area (Å²) < 4.78 is 0. The molecule has 0 saturated carbocycles. The lowest BCUT2D eigenvalue weighted by Crippen LogP contribution is -2.15. The highest BCUT2D eigenvalue weighted by atomic mass is 16.7. The first-order chi connectivity index (χ1) is 3.29. The van der Waals surface area contributed by atoms with E-state index < -0.39 is 0 Å². The summed E-state index contributed by atoms with van der Waals surface area (Å²) in [4.78, 5) is 4.88. The van der Waals surface area contributed by atoms with Crippen LogP contribution in [0.5, 0.6) is 0 Å². The van der Waals surface area contributed by atoms with Gasteiger partial charge in [-0.15, -0.1) is 0 Å². The Labute approximate surface area is 43.1 Å². The third-order valence-electron chi connectivity index (χ3n) is 0.891. The molecule has 0 fully saturated rings. The molecule has 0 amide bonds.